The molecule has 2 heteroatoms. The Morgan fingerprint density at radius 1 is 1.67 bits per heavy atom. The lowest BCUT2D eigenvalue weighted by molar-refractivity contribution is 0.151. The smallest absolute Gasteiger partial charge is 0.123 e. The molecule has 2 nitrogen and oxygen atoms in total. The van der Waals surface area contributed by atoms with E-state index in [1.807, 2.05) is 12.9 Å². The maximum absolute atomic E-state index is 9.88. The molecule has 0 aromatic carbocycles. The molecule has 0 aliphatic rings. The van der Waals surface area contributed by atoms with Crippen molar-refractivity contribution in [1.29, 1.82) is 0 Å². The Balaban J connectivity index is 3.17. The second kappa shape index (κ2) is 5.54. The molecule has 0 heterocycles. The summed E-state index contributed by atoms with van der Waals surface area (Å²) in [6.07, 6.45) is 0.706. The molecule has 0 aromatic rings. The maximum Gasteiger partial charge on any atom is 0.123 e. The minimum atomic E-state index is 0.636. The molecule has 52 valence electrons. The average molecular weight is 128 g/mol. The lowest BCUT2D eigenvalue weighted by Crippen LogP contribution is -1.93. The molecule has 0 rings (SSSR count). The van der Waals surface area contributed by atoms with Crippen molar-refractivity contribution in [1.82, 2.24) is 0 Å². The molecule has 0 unspecified atom stereocenters. The first-order valence-corrected chi connectivity index (χ1v) is 3.09. The van der Waals surface area contributed by atoms with Gasteiger partial charge in [-0.2, -0.15) is 0 Å². The second-order valence-corrected chi connectivity index (χ2v) is 1.83. The summed E-state index contributed by atoms with van der Waals surface area (Å²) in [6, 6.07) is 0. The van der Waals surface area contributed by atoms with Crippen LogP contribution in [0.5, 0.6) is 0 Å². The van der Waals surface area contributed by atoms with Gasteiger partial charge in [0.2, 0.25) is 0 Å². The van der Waals surface area contributed by atoms with E-state index in [2.05, 4.69) is 0 Å². The Hall–Kier alpha value is -0.590. The van der Waals surface area contributed by atoms with E-state index >= 15 is 0 Å². The van der Waals surface area contributed by atoms with E-state index in [1.54, 1.807) is 6.92 Å². The first-order valence-electron chi connectivity index (χ1n) is 3.09. The predicted molar refractivity (Wildman–Crippen MR) is 36.0 cm³/mol. The largest absolute Gasteiger partial charge is 0.381 e. The lowest BCUT2D eigenvalue weighted by Gasteiger charge is -1.96. The molecule has 0 atom stereocenters. The molecule has 9 heavy (non-hydrogen) atoms. The molecule has 0 spiro atoms. The summed E-state index contributed by atoms with van der Waals surface area (Å²) in [7, 11) is 0. The molecule has 0 N–H and O–H groups in total. The van der Waals surface area contributed by atoms with Crippen LogP contribution < -0.4 is 0 Å². The van der Waals surface area contributed by atoms with Gasteiger partial charge < -0.3 is 4.74 Å². The highest BCUT2D eigenvalue weighted by Crippen LogP contribution is 1.93. The van der Waals surface area contributed by atoms with Crippen LogP contribution in [0.3, 0.4) is 0 Å². The SMILES string of the molecule is CCOCCC(C)=C=O. The number of ether oxygens (including phenoxy) is 1. The molecule has 0 saturated heterocycles. The summed E-state index contributed by atoms with van der Waals surface area (Å²) in [5.41, 5.74) is 0.725. The fourth-order valence-corrected chi connectivity index (χ4v) is 0.421. The van der Waals surface area contributed by atoms with Gasteiger partial charge in [0, 0.05) is 18.6 Å². The van der Waals surface area contributed by atoms with Gasteiger partial charge in [-0.3, -0.25) is 0 Å². The Labute approximate surface area is 55.5 Å². The molecular formula is C7H12O2. The predicted octanol–water partition coefficient (Wildman–Crippen LogP) is 1.19. The first-order chi connectivity index (χ1) is 4.31. The normalized spacial score (nSPS) is 8.67. The average Bonchev–Trinajstić information content (AvgIpc) is 1.89. The van der Waals surface area contributed by atoms with Crippen molar-refractivity contribution in [2.75, 3.05) is 13.2 Å². The van der Waals surface area contributed by atoms with Crippen LogP contribution in [0.15, 0.2) is 5.57 Å². The quantitative estimate of drug-likeness (QED) is 0.420. The van der Waals surface area contributed by atoms with Crippen molar-refractivity contribution in [2.45, 2.75) is 20.3 Å². The third-order valence-electron chi connectivity index (χ3n) is 1.000. The van der Waals surface area contributed by atoms with Gasteiger partial charge in [-0.15, -0.1) is 0 Å². The Bertz CT molecular complexity index is 112. The van der Waals surface area contributed by atoms with Crippen LogP contribution in [-0.4, -0.2) is 19.2 Å². The van der Waals surface area contributed by atoms with E-state index in [0.29, 0.717) is 19.6 Å². The van der Waals surface area contributed by atoms with E-state index in [-0.39, 0.29) is 0 Å². The molecule has 0 radical (unpaired) electrons. The van der Waals surface area contributed by atoms with Gasteiger partial charge in [0.15, 0.2) is 0 Å². The second-order valence-electron chi connectivity index (χ2n) is 1.83. The van der Waals surface area contributed by atoms with E-state index in [1.165, 1.54) is 0 Å². The van der Waals surface area contributed by atoms with Crippen molar-refractivity contribution in [2.24, 2.45) is 0 Å². The van der Waals surface area contributed by atoms with Crippen LogP contribution >= 0.6 is 0 Å². The summed E-state index contributed by atoms with van der Waals surface area (Å²) in [6.45, 7) is 5.04. The Morgan fingerprint density at radius 3 is 2.78 bits per heavy atom. The number of hydrogen-bond acceptors (Lipinski definition) is 2. The molecule has 0 saturated carbocycles. The minimum Gasteiger partial charge on any atom is -0.381 e. The van der Waals surface area contributed by atoms with Crippen LogP contribution in [0.1, 0.15) is 20.3 Å². The fraction of sp³-hybridized carbons (Fsp3) is 0.714. The molecular weight excluding hydrogens is 116 g/mol. The lowest BCUT2D eigenvalue weighted by atomic mass is 10.3. The van der Waals surface area contributed by atoms with Crippen molar-refractivity contribution < 1.29 is 9.53 Å². The van der Waals surface area contributed by atoms with Crippen molar-refractivity contribution in [3.63, 3.8) is 0 Å². The van der Waals surface area contributed by atoms with E-state index in [0.717, 1.165) is 5.57 Å². The molecule has 0 bridgehead atoms. The third kappa shape index (κ3) is 5.28. The first kappa shape index (κ1) is 8.41. The van der Waals surface area contributed by atoms with Crippen molar-refractivity contribution in [3.8, 4) is 0 Å². The molecule has 0 amide bonds. The van der Waals surface area contributed by atoms with Gasteiger partial charge in [0.25, 0.3) is 0 Å². The molecule has 0 aliphatic carbocycles. The van der Waals surface area contributed by atoms with Gasteiger partial charge in [-0.05, 0) is 13.8 Å². The summed E-state index contributed by atoms with van der Waals surface area (Å²) in [5.74, 6) is 1.81. The van der Waals surface area contributed by atoms with Crippen molar-refractivity contribution in [3.05, 3.63) is 5.57 Å². The summed E-state index contributed by atoms with van der Waals surface area (Å²) in [5, 5.41) is 0. The van der Waals surface area contributed by atoms with Gasteiger partial charge in [-0.1, -0.05) is 0 Å². The van der Waals surface area contributed by atoms with Crippen molar-refractivity contribution >= 4 is 5.94 Å². The topological polar surface area (TPSA) is 26.3 Å². The van der Waals surface area contributed by atoms with Gasteiger partial charge >= 0.3 is 0 Å². The number of carbonyl (C=O) groups excluding carboxylic acids is 1. The number of rotatable bonds is 4. The minimum absolute atomic E-state index is 0.636. The zero-order chi connectivity index (χ0) is 7.11. The van der Waals surface area contributed by atoms with Crippen LogP contribution in [0.2, 0.25) is 0 Å². The molecule has 0 fully saturated rings. The van der Waals surface area contributed by atoms with Gasteiger partial charge in [0.1, 0.15) is 5.94 Å². The van der Waals surface area contributed by atoms with Crippen LogP contribution in [-0.2, 0) is 9.53 Å². The number of hydrogen-bond donors (Lipinski definition) is 0. The summed E-state index contributed by atoms with van der Waals surface area (Å²) >= 11 is 0. The van der Waals surface area contributed by atoms with Crippen LogP contribution in [0, 0.1) is 0 Å². The highest BCUT2D eigenvalue weighted by atomic mass is 16.5. The van der Waals surface area contributed by atoms with Gasteiger partial charge in [-0.25, -0.2) is 4.79 Å². The Kier molecular flexibility index (Phi) is 5.18. The van der Waals surface area contributed by atoms with E-state index in [4.69, 9.17) is 4.74 Å². The van der Waals surface area contributed by atoms with Gasteiger partial charge in [0.05, 0.1) is 6.61 Å². The Morgan fingerprint density at radius 2 is 2.33 bits per heavy atom. The van der Waals surface area contributed by atoms with E-state index in [9.17, 15) is 4.79 Å². The molecule has 0 aromatic heterocycles. The standard InChI is InChI=1S/C7H12O2/c1-3-9-5-4-7(2)6-8/h3-5H2,1-2H3. The summed E-state index contributed by atoms with van der Waals surface area (Å²) < 4.78 is 5.01. The van der Waals surface area contributed by atoms with Crippen LogP contribution in [0.25, 0.3) is 0 Å². The molecule has 0 aliphatic heterocycles. The zero-order valence-electron chi connectivity index (χ0n) is 5.94. The van der Waals surface area contributed by atoms with Crippen LogP contribution in [0.4, 0.5) is 0 Å². The highest BCUT2D eigenvalue weighted by molar-refractivity contribution is 5.50. The zero-order valence-corrected chi connectivity index (χ0v) is 5.94. The highest BCUT2D eigenvalue weighted by Gasteiger charge is 1.88. The van der Waals surface area contributed by atoms with E-state index < -0.39 is 0 Å². The fourth-order valence-electron chi connectivity index (χ4n) is 0.421. The summed E-state index contributed by atoms with van der Waals surface area (Å²) in [4.78, 5) is 9.88. The monoisotopic (exact) mass is 128 g/mol. The third-order valence-corrected chi connectivity index (χ3v) is 1.000. The maximum atomic E-state index is 9.88.